The fourth-order valence-electron chi connectivity index (χ4n) is 7.88. The number of nitrogens with zero attached hydrogens (tertiary/aromatic N) is 5. The highest BCUT2D eigenvalue weighted by atomic mass is 35.5. The van der Waals surface area contributed by atoms with Crippen LogP contribution in [0.4, 0.5) is 32.9 Å². The molecule has 2 bridgehead atoms. The van der Waals surface area contributed by atoms with E-state index in [-0.39, 0.29) is 73.9 Å². The van der Waals surface area contributed by atoms with Gasteiger partial charge in [0.2, 0.25) is 0 Å². The molecule has 4 fully saturated rings. The predicted molar refractivity (Wildman–Crippen MR) is 159 cm³/mol. The number of anilines is 2. The second kappa shape index (κ2) is 9.98. The number of halogens is 6. The number of piperidine rings is 1. The van der Waals surface area contributed by atoms with Gasteiger partial charge in [0.1, 0.15) is 29.9 Å². The minimum atomic E-state index is -2.78. The molecule has 5 heterocycles. The molecule has 2 N–H and O–H groups in total. The van der Waals surface area contributed by atoms with Gasteiger partial charge in [-0.05, 0) is 50.4 Å². The molecule has 4 atom stereocenters. The van der Waals surface area contributed by atoms with Gasteiger partial charge in [0.25, 0.3) is 5.92 Å². The van der Waals surface area contributed by atoms with Crippen LogP contribution >= 0.6 is 22.9 Å². The van der Waals surface area contributed by atoms with E-state index >= 15 is 4.39 Å². The van der Waals surface area contributed by atoms with Crippen molar-refractivity contribution in [1.29, 1.82) is 0 Å². The number of nitrogen functional groups attached to an aromatic ring is 1. The molecule has 3 saturated heterocycles. The van der Waals surface area contributed by atoms with Crippen LogP contribution in [0.1, 0.15) is 32.1 Å². The van der Waals surface area contributed by atoms with Crippen LogP contribution in [-0.4, -0.2) is 70.3 Å². The standard InChI is InChI=1S/C30H28ClF5N6OS/c31-19-8-18-23(22(34)21(19)17-4-5-20(33)25-24(17)38-27(37)44-25)39-28(43-13-29-6-1-7-42(29)12-16(32)9-29)40-26(18)41-10-14-2-3-15(11-41)30(14,35)36/h4-5,8,14-16H,1-3,6-7,9-13H2,(H2,37,38)/t14-,15+,16-,29+/m1/s1. The highest BCUT2D eigenvalue weighted by molar-refractivity contribution is 7.22. The summed E-state index contributed by atoms with van der Waals surface area (Å²) in [6.45, 7) is 1.28. The summed E-state index contributed by atoms with van der Waals surface area (Å²) in [6.07, 6.45) is 1.80. The van der Waals surface area contributed by atoms with E-state index in [2.05, 4.69) is 19.9 Å². The van der Waals surface area contributed by atoms with Crippen LogP contribution < -0.4 is 15.4 Å². The first-order valence-corrected chi connectivity index (χ1v) is 15.9. The van der Waals surface area contributed by atoms with E-state index in [1.807, 2.05) is 0 Å². The Hall–Kier alpha value is -3.03. The molecule has 232 valence electrons. The first-order chi connectivity index (χ1) is 21.0. The van der Waals surface area contributed by atoms with E-state index in [9.17, 15) is 17.6 Å². The summed E-state index contributed by atoms with van der Waals surface area (Å²) in [7, 11) is 0. The normalized spacial score (nSPS) is 28.0. The second-order valence-electron chi connectivity index (χ2n) is 12.5. The molecule has 4 aromatic rings. The molecule has 14 heteroatoms. The molecule has 0 amide bonds. The van der Waals surface area contributed by atoms with Crippen molar-refractivity contribution in [2.24, 2.45) is 11.8 Å². The molecule has 44 heavy (non-hydrogen) atoms. The Bertz CT molecular complexity index is 1810. The van der Waals surface area contributed by atoms with Crippen molar-refractivity contribution in [2.45, 2.75) is 49.7 Å². The van der Waals surface area contributed by atoms with Crippen molar-refractivity contribution < 1.29 is 26.7 Å². The van der Waals surface area contributed by atoms with Crippen molar-refractivity contribution in [3.63, 3.8) is 0 Å². The molecule has 3 aliphatic heterocycles. The van der Waals surface area contributed by atoms with Crippen molar-refractivity contribution in [3.05, 3.63) is 34.9 Å². The third-order valence-electron chi connectivity index (χ3n) is 9.99. The Morgan fingerprint density at radius 1 is 1.07 bits per heavy atom. The number of ether oxygens (including phenoxy) is 1. The average molecular weight is 651 g/mol. The third-order valence-corrected chi connectivity index (χ3v) is 11.2. The third kappa shape index (κ3) is 4.25. The summed E-state index contributed by atoms with van der Waals surface area (Å²) in [5.74, 6) is -5.60. The molecule has 0 unspecified atom stereocenters. The fourth-order valence-corrected chi connectivity index (χ4v) is 8.94. The number of fused-ring (bicyclic) bond motifs is 5. The topological polar surface area (TPSA) is 80.4 Å². The summed E-state index contributed by atoms with van der Waals surface area (Å²) in [5, 5.41) is 0.358. The Labute approximate surface area is 258 Å². The molecular formula is C30H28ClF5N6OS. The SMILES string of the molecule is Nc1nc2c(-c3c(Cl)cc4c(N5C[C@H]6CC[C@@H](C5)C6(F)F)nc(OC[C@@]56CCCN5C[C@H](F)C6)nc4c3F)ccc(F)c2s1. The van der Waals surface area contributed by atoms with Crippen LogP contribution in [0, 0.1) is 23.5 Å². The van der Waals surface area contributed by atoms with Gasteiger partial charge in [-0.3, -0.25) is 4.90 Å². The molecule has 2 aromatic heterocycles. The Balaban J connectivity index is 1.27. The lowest BCUT2D eigenvalue weighted by Crippen LogP contribution is -2.49. The highest BCUT2D eigenvalue weighted by Crippen LogP contribution is 2.51. The summed E-state index contributed by atoms with van der Waals surface area (Å²) < 4.78 is 81.7. The highest BCUT2D eigenvalue weighted by Gasteiger charge is 2.56. The van der Waals surface area contributed by atoms with Crippen molar-refractivity contribution in [3.8, 4) is 17.1 Å². The van der Waals surface area contributed by atoms with E-state index < -0.39 is 41.1 Å². The molecular weight excluding hydrogens is 623 g/mol. The molecule has 8 rings (SSSR count). The van der Waals surface area contributed by atoms with E-state index in [0.717, 1.165) is 30.7 Å². The minimum Gasteiger partial charge on any atom is -0.461 e. The number of benzene rings is 2. The molecule has 1 aliphatic carbocycles. The molecule has 4 aliphatic rings. The summed E-state index contributed by atoms with van der Waals surface area (Å²) in [5.41, 5.74) is 5.59. The molecule has 1 saturated carbocycles. The van der Waals surface area contributed by atoms with Gasteiger partial charge in [-0.15, -0.1) is 0 Å². The number of hydrogen-bond acceptors (Lipinski definition) is 8. The molecule has 2 aromatic carbocycles. The smallest absolute Gasteiger partial charge is 0.319 e. The van der Waals surface area contributed by atoms with Gasteiger partial charge in [0, 0.05) is 54.4 Å². The minimum absolute atomic E-state index is 0.00117. The van der Waals surface area contributed by atoms with Crippen LogP contribution in [0.3, 0.4) is 0 Å². The van der Waals surface area contributed by atoms with Gasteiger partial charge in [-0.2, -0.15) is 9.97 Å². The fraction of sp³-hybridized carbons (Fsp3) is 0.500. The maximum absolute atomic E-state index is 16.7. The number of alkyl halides is 3. The predicted octanol–water partition coefficient (Wildman–Crippen LogP) is 6.86. The first kappa shape index (κ1) is 28.4. The number of thiazole rings is 1. The summed E-state index contributed by atoms with van der Waals surface area (Å²) in [4.78, 5) is 17.2. The van der Waals surface area contributed by atoms with Crippen molar-refractivity contribution >= 4 is 55.0 Å². The molecule has 0 radical (unpaired) electrons. The van der Waals surface area contributed by atoms with E-state index in [4.69, 9.17) is 22.1 Å². The lowest BCUT2D eigenvalue weighted by atomic mass is 9.93. The van der Waals surface area contributed by atoms with Gasteiger partial charge >= 0.3 is 6.01 Å². The van der Waals surface area contributed by atoms with Crippen molar-refractivity contribution in [2.75, 3.05) is 43.4 Å². The first-order valence-electron chi connectivity index (χ1n) is 14.7. The maximum Gasteiger partial charge on any atom is 0.319 e. The van der Waals surface area contributed by atoms with E-state index in [1.165, 1.54) is 18.2 Å². The number of aromatic nitrogens is 3. The van der Waals surface area contributed by atoms with Gasteiger partial charge in [-0.25, -0.2) is 26.9 Å². The zero-order valence-corrected chi connectivity index (χ0v) is 25.0. The number of rotatable bonds is 5. The maximum atomic E-state index is 16.7. The van der Waals surface area contributed by atoms with E-state index in [0.29, 0.717) is 25.8 Å². The van der Waals surface area contributed by atoms with Crippen LogP contribution in [0.2, 0.25) is 5.02 Å². The van der Waals surface area contributed by atoms with Gasteiger partial charge < -0.3 is 15.4 Å². The second-order valence-corrected chi connectivity index (χ2v) is 14.0. The van der Waals surface area contributed by atoms with Crippen LogP contribution in [0.15, 0.2) is 18.2 Å². The Morgan fingerprint density at radius 3 is 2.61 bits per heavy atom. The lowest BCUT2D eigenvalue weighted by Gasteiger charge is -2.39. The molecule has 7 nitrogen and oxygen atoms in total. The van der Waals surface area contributed by atoms with E-state index in [1.54, 1.807) is 4.90 Å². The number of nitrogens with two attached hydrogens (primary N) is 1. The lowest BCUT2D eigenvalue weighted by molar-refractivity contribution is -0.0830. The Kier molecular flexibility index (Phi) is 6.45. The van der Waals surface area contributed by atoms with Crippen LogP contribution in [0.5, 0.6) is 6.01 Å². The van der Waals surface area contributed by atoms with Gasteiger partial charge in [0.05, 0.1) is 20.8 Å². The number of hydrogen-bond donors (Lipinski definition) is 1. The van der Waals surface area contributed by atoms with Crippen LogP contribution in [-0.2, 0) is 0 Å². The summed E-state index contributed by atoms with van der Waals surface area (Å²) in [6, 6.07) is 3.97. The average Bonchev–Trinajstić information content (AvgIpc) is 3.65. The van der Waals surface area contributed by atoms with Gasteiger partial charge in [-0.1, -0.05) is 22.9 Å². The quantitative estimate of drug-likeness (QED) is 0.237. The van der Waals surface area contributed by atoms with Gasteiger partial charge in [0.15, 0.2) is 10.9 Å². The zero-order chi connectivity index (χ0) is 30.5. The largest absolute Gasteiger partial charge is 0.461 e. The zero-order valence-electron chi connectivity index (χ0n) is 23.4. The Morgan fingerprint density at radius 2 is 1.84 bits per heavy atom. The summed E-state index contributed by atoms with van der Waals surface area (Å²) >= 11 is 7.66. The van der Waals surface area contributed by atoms with Crippen molar-refractivity contribution in [1.82, 2.24) is 19.9 Å². The monoisotopic (exact) mass is 650 g/mol. The molecule has 0 spiro atoms. The van der Waals surface area contributed by atoms with Crippen LogP contribution in [0.25, 0.3) is 32.2 Å².